The Hall–Kier alpha value is -0.140. The minimum absolute atomic E-state index is 0.0935. The van der Waals surface area contributed by atoms with Gasteiger partial charge in [0.2, 0.25) is 5.91 Å². The first-order valence-electron chi connectivity index (χ1n) is 6.67. The molecule has 2 rings (SSSR count). The Morgan fingerprint density at radius 3 is 3.00 bits per heavy atom. The van der Waals surface area contributed by atoms with Crippen molar-refractivity contribution in [1.82, 2.24) is 10.6 Å². The summed E-state index contributed by atoms with van der Waals surface area (Å²) < 4.78 is 1.36. The van der Waals surface area contributed by atoms with Crippen LogP contribution in [0.5, 0.6) is 0 Å². The number of amides is 1. The van der Waals surface area contributed by atoms with Gasteiger partial charge >= 0.3 is 0 Å². The van der Waals surface area contributed by atoms with Gasteiger partial charge in [0.1, 0.15) is 0 Å². The molecule has 1 atom stereocenters. The summed E-state index contributed by atoms with van der Waals surface area (Å²) in [4.78, 5) is 13.3. The average molecular weight is 392 g/mol. The molecule has 106 valence electrons. The van der Waals surface area contributed by atoms with E-state index in [1.54, 1.807) is 7.05 Å². The molecule has 0 fully saturated rings. The van der Waals surface area contributed by atoms with Crippen molar-refractivity contribution >= 4 is 39.8 Å². The number of rotatable bonds is 4. The zero-order valence-electron chi connectivity index (χ0n) is 11.7. The molecule has 3 nitrogen and oxygen atoms in total. The quantitative estimate of drug-likeness (QED) is 0.774. The second-order valence-corrected chi connectivity index (χ2v) is 8.75. The van der Waals surface area contributed by atoms with Crippen LogP contribution in [0.2, 0.25) is 0 Å². The minimum Gasteiger partial charge on any atom is -0.359 e. The number of halogens is 1. The lowest BCUT2D eigenvalue weighted by atomic mass is 9.89. The van der Waals surface area contributed by atoms with E-state index in [2.05, 4.69) is 39.3 Å². The van der Waals surface area contributed by atoms with Crippen molar-refractivity contribution in [3.8, 4) is 0 Å². The lowest BCUT2D eigenvalue weighted by molar-refractivity contribution is -0.128. The molecule has 0 radical (unpaired) electrons. The van der Waals surface area contributed by atoms with Gasteiger partial charge in [0.25, 0.3) is 0 Å². The molecule has 1 aromatic heterocycles. The molecule has 0 saturated carbocycles. The van der Waals surface area contributed by atoms with Crippen molar-refractivity contribution in [2.75, 3.05) is 13.6 Å². The number of hydrogen-bond acceptors (Lipinski definition) is 3. The van der Waals surface area contributed by atoms with Gasteiger partial charge < -0.3 is 10.6 Å². The van der Waals surface area contributed by atoms with E-state index < -0.39 is 0 Å². The van der Waals surface area contributed by atoms with Crippen LogP contribution in [0.4, 0.5) is 0 Å². The Labute approximate surface area is 132 Å². The fourth-order valence-corrected chi connectivity index (χ4v) is 4.65. The predicted molar refractivity (Wildman–Crippen MR) is 88.6 cm³/mol. The summed E-state index contributed by atoms with van der Waals surface area (Å²) in [5.41, 5.74) is 1.09. The van der Waals surface area contributed by atoms with Crippen LogP contribution in [0.25, 0.3) is 0 Å². The van der Waals surface area contributed by atoms with E-state index >= 15 is 0 Å². The Balaban J connectivity index is 2.03. The molecule has 2 N–H and O–H groups in total. The van der Waals surface area contributed by atoms with E-state index in [0.29, 0.717) is 12.6 Å². The fraction of sp³-hybridized carbons (Fsp3) is 0.643. The third-order valence-corrected chi connectivity index (χ3v) is 5.69. The van der Waals surface area contributed by atoms with Crippen molar-refractivity contribution in [2.45, 2.75) is 39.2 Å². The van der Waals surface area contributed by atoms with Crippen LogP contribution in [0, 0.1) is 8.30 Å². The largest absolute Gasteiger partial charge is 0.359 e. The molecule has 1 unspecified atom stereocenters. The van der Waals surface area contributed by atoms with Crippen LogP contribution in [-0.4, -0.2) is 19.5 Å². The second kappa shape index (κ2) is 6.10. The molecule has 19 heavy (non-hydrogen) atoms. The summed E-state index contributed by atoms with van der Waals surface area (Å²) in [5, 5.41) is 6.33. The van der Waals surface area contributed by atoms with Gasteiger partial charge in [-0.1, -0.05) is 0 Å². The lowest BCUT2D eigenvalue weighted by Crippen LogP contribution is -2.43. The van der Waals surface area contributed by atoms with E-state index in [4.69, 9.17) is 0 Å². The van der Waals surface area contributed by atoms with Gasteiger partial charge in [0.15, 0.2) is 0 Å². The molecule has 0 aliphatic heterocycles. The molecule has 1 amide bonds. The first kappa shape index (κ1) is 15.3. The topological polar surface area (TPSA) is 41.1 Å². The molecule has 0 bridgehead atoms. The number of carbonyl (C=O) groups is 1. The molecule has 1 heterocycles. The van der Waals surface area contributed by atoms with Crippen LogP contribution in [-0.2, 0) is 11.2 Å². The summed E-state index contributed by atoms with van der Waals surface area (Å²) in [6, 6.07) is 2.71. The molecule has 0 saturated heterocycles. The molecule has 0 spiro atoms. The number of thiophene rings is 1. The van der Waals surface area contributed by atoms with Gasteiger partial charge in [-0.2, -0.15) is 0 Å². The van der Waals surface area contributed by atoms with E-state index in [-0.39, 0.29) is 11.3 Å². The molecule has 5 heteroatoms. The van der Waals surface area contributed by atoms with Gasteiger partial charge in [0.05, 0.1) is 8.30 Å². The van der Waals surface area contributed by atoms with Crippen LogP contribution in [0.15, 0.2) is 6.07 Å². The monoisotopic (exact) mass is 392 g/mol. The highest BCUT2D eigenvalue weighted by Gasteiger charge is 2.29. The third-order valence-electron chi connectivity index (χ3n) is 3.72. The van der Waals surface area contributed by atoms with Crippen LogP contribution in [0.1, 0.15) is 43.2 Å². The maximum atomic E-state index is 11.8. The second-order valence-electron chi connectivity index (χ2n) is 5.72. The van der Waals surface area contributed by atoms with Crippen molar-refractivity contribution < 1.29 is 4.79 Å². The van der Waals surface area contributed by atoms with Crippen molar-refractivity contribution in [3.63, 3.8) is 0 Å². The zero-order valence-corrected chi connectivity index (χ0v) is 14.7. The smallest absolute Gasteiger partial charge is 0.226 e. The predicted octanol–water partition coefficient (Wildman–Crippen LogP) is 3.09. The molecule has 1 aromatic rings. The van der Waals surface area contributed by atoms with Crippen LogP contribution >= 0.6 is 33.9 Å². The Kier molecular flexibility index (Phi) is 4.89. The maximum absolute atomic E-state index is 11.8. The summed E-state index contributed by atoms with van der Waals surface area (Å²) in [6.07, 6.45) is 3.62. The molecular weight excluding hydrogens is 371 g/mol. The summed E-state index contributed by atoms with van der Waals surface area (Å²) >= 11 is 4.30. The highest BCUT2D eigenvalue weighted by Crippen LogP contribution is 2.36. The number of hydrogen-bond donors (Lipinski definition) is 2. The summed E-state index contributed by atoms with van der Waals surface area (Å²) in [6.45, 7) is 4.68. The minimum atomic E-state index is -0.366. The van der Waals surface area contributed by atoms with Crippen molar-refractivity contribution in [2.24, 2.45) is 5.41 Å². The van der Waals surface area contributed by atoms with Gasteiger partial charge in [-0.25, -0.2) is 0 Å². The Morgan fingerprint density at radius 2 is 2.32 bits per heavy atom. The van der Waals surface area contributed by atoms with E-state index in [0.717, 1.165) is 0 Å². The van der Waals surface area contributed by atoms with E-state index in [1.807, 2.05) is 25.2 Å². The maximum Gasteiger partial charge on any atom is 0.226 e. The molecule has 0 aromatic carbocycles. The van der Waals surface area contributed by atoms with Gasteiger partial charge in [0, 0.05) is 24.5 Å². The van der Waals surface area contributed by atoms with Crippen LogP contribution in [0.3, 0.4) is 0 Å². The number of fused-ring (bicyclic) bond motifs is 1. The Bertz CT molecular complexity index is 470. The summed E-state index contributed by atoms with van der Waals surface area (Å²) in [7, 11) is 1.70. The van der Waals surface area contributed by atoms with Gasteiger partial charge in [-0.3, -0.25) is 4.79 Å². The molecule has 1 aliphatic rings. The highest BCUT2D eigenvalue weighted by atomic mass is 127. The van der Waals surface area contributed by atoms with Gasteiger partial charge in [-0.05, 0) is 67.3 Å². The van der Waals surface area contributed by atoms with E-state index in [9.17, 15) is 4.79 Å². The third kappa shape index (κ3) is 3.49. The first-order chi connectivity index (χ1) is 8.94. The van der Waals surface area contributed by atoms with Gasteiger partial charge in [-0.15, -0.1) is 11.3 Å². The van der Waals surface area contributed by atoms with Crippen LogP contribution < -0.4 is 10.6 Å². The highest BCUT2D eigenvalue weighted by molar-refractivity contribution is 14.1. The first-order valence-corrected chi connectivity index (χ1v) is 8.57. The summed E-state index contributed by atoms with van der Waals surface area (Å²) in [5.74, 6) is 0.0935. The zero-order chi connectivity index (χ0) is 14.0. The van der Waals surface area contributed by atoms with Crippen molar-refractivity contribution in [3.05, 3.63) is 19.4 Å². The molecular formula is C14H21IN2OS. The SMILES string of the molecule is CNC(=O)C(C)(C)CNC1CCCc2sc(I)cc21. The average Bonchev–Trinajstić information content (AvgIpc) is 2.75. The van der Waals surface area contributed by atoms with E-state index in [1.165, 1.54) is 32.6 Å². The fourth-order valence-electron chi connectivity index (χ4n) is 2.53. The number of carbonyl (C=O) groups excluding carboxylic acids is 1. The lowest BCUT2D eigenvalue weighted by Gasteiger charge is -2.29. The Morgan fingerprint density at radius 1 is 1.58 bits per heavy atom. The number of nitrogens with one attached hydrogen (secondary N) is 2. The molecule has 1 aliphatic carbocycles. The normalized spacial score (nSPS) is 19.1. The standard InChI is InChI=1S/C14H21IN2OS/c1-14(2,13(18)16-3)8-17-10-5-4-6-11-9(10)7-12(15)19-11/h7,10,17H,4-6,8H2,1-3H3,(H,16,18). The number of aryl methyl sites for hydroxylation is 1. The van der Waals surface area contributed by atoms with Crippen molar-refractivity contribution in [1.29, 1.82) is 0 Å².